The van der Waals surface area contributed by atoms with Crippen LogP contribution in [0.5, 0.6) is 5.75 Å². The number of benzene rings is 1. The van der Waals surface area contributed by atoms with Gasteiger partial charge in [0.1, 0.15) is 5.75 Å². The van der Waals surface area contributed by atoms with E-state index in [0.717, 1.165) is 37.8 Å². The molecule has 1 aromatic carbocycles. The minimum Gasteiger partial charge on any atom is -0.493 e. The maximum atomic E-state index is 5.65. The predicted molar refractivity (Wildman–Crippen MR) is 67.4 cm³/mol. The van der Waals surface area contributed by atoms with Gasteiger partial charge in [-0.2, -0.15) is 0 Å². The molecule has 0 bridgehead atoms. The lowest BCUT2D eigenvalue weighted by atomic mass is 10.0. The fourth-order valence-electron chi connectivity index (χ4n) is 2.34. The largest absolute Gasteiger partial charge is 0.493 e. The number of guanidine groups is 1. The zero-order chi connectivity index (χ0) is 11.7. The minimum absolute atomic E-state index is 0.319. The van der Waals surface area contributed by atoms with Crippen LogP contribution < -0.4 is 10.1 Å². The van der Waals surface area contributed by atoms with Gasteiger partial charge in [-0.1, -0.05) is 18.2 Å². The zero-order valence-corrected chi connectivity index (χ0v) is 10.0. The number of rotatable bonds is 1. The molecule has 3 rings (SSSR count). The van der Waals surface area contributed by atoms with E-state index in [9.17, 15) is 0 Å². The second-order valence-electron chi connectivity index (χ2n) is 4.50. The second-order valence-corrected chi connectivity index (χ2v) is 4.50. The number of hydrogen-bond acceptors (Lipinski definition) is 4. The average molecular weight is 231 g/mol. The Hall–Kier alpha value is -1.71. The number of likely N-dealkylation sites (N-methyl/N-ethyl adjacent to an activating group) is 1. The van der Waals surface area contributed by atoms with Crippen LogP contribution in [0, 0.1) is 0 Å². The zero-order valence-electron chi connectivity index (χ0n) is 10.0. The van der Waals surface area contributed by atoms with E-state index in [2.05, 4.69) is 34.4 Å². The van der Waals surface area contributed by atoms with Gasteiger partial charge in [0.2, 0.25) is 0 Å². The first-order valence-electron chi connectivity index (χ1n) is 6.08. The highest BCUT2D eigenvalue weighted by atomic mass is 16.5. The van der Waals surface area contributed by atoms with E-state index in [1.807, 2.05) is 12.1 Å². The highest BCUT2D eigenvalue weighted by Gasteiger charge is 2.24. The fourth-order valence-corrected chi connectivity index (χ4v) is 2.34. The third-order valence-corrected chi connectivity index (χ3v) is 3.32. The van der Waals surface area contributed by atoms with Crippen molar-refractivity contribution in [2.75, 3.05) is 26.7 Å². The summed E-state index contributed by atoms with van der Waals surface area (Å²) in [5.41, 5.74) is 1.24. The van der Waals surface area contributed by atoms with Crippen molar-refractivity contribution in [1.29, 1.82) is 0 Å². The highest BCUT2D eigenvalue weighted by molar-refractivity contribution is 5.81. The van der Waals surface area contributed by atoms with Crippen molar-refractivity contribution in [1.82, 2.24) is 10.2 Å². The van der Waals surface area contributed by atoms with Crippen molar-refractivity contribution in [2.24, 2.45) is 4.99 Å². The van der Waals surface area contributed by atoms with E-state index in [4.69, 9.17) is 4.74 Å². The lowest BCUT2D eigenvalue weighted by molar-refractivity contribution is 0.260. The maximum Gasteiger partial charge on any atom is 0.194 e. The Balaban J connectivity index is 1.81. The van der Waals surface area contributed by atoms with Crippen molar-refractivity contribution in [3.8, 4) is 5.75 Å². The van der Waals surface area contributed by atoms with Gasteiger partial charge >= 0.3 is 0 Å². The van der Waals surface area contributed by atoms with E-state index in [1.165, 1.54) is 5.56 Å². The van der Waals surface area contributed by atoms with Crippen LogP contribution in [0.1, 0.15) is 18.0 Å². The number of para-hydroxylation sites is 1. The molecular formula is C13H17N3O. The van der Waals surface area contributed by atoms with Crippen molar-refractivity contribution in [3.63, 3.8) is 0 Å². The quantitative estimate of drug-likeness (QED) is 0.793. The standard InChI is InChI=1S/C13H17N3O/c1-16-8-7-14-13(16)15-11-6-9-17-12-5-3-2-4-10(11)12/h2-5,11H,6-9H2,1H3,(H,14,15). The first-order chi connectivity index (χ1) is 8.34. The van der Waals surface area contributed by atoms with Gasteiger partial charge in [-0.25, -0.2) is 0 Å². The Morgan fingerprint density at radius 3 is 3.12 bits per heavy atom. The normalized spacial score (nSPS) is 22.8. The molecule has 4 nitrogen and oxygen atoms in total. The molecule has 4 heteroatoms. The molecule has 0 saturated carbocycles. The summed E-state index contributed by atoms with van der Waals surface area (Å²) in [6.07, 6.45) is 0.990. The van der Waals surface area contributed by atoms with E-state index in [0.29, 0.717) is 6.04 Å². The van der Waals surface area contributed by atoms with Crippen molar-refractivity contribution < 1.29 is 4.74 Å². The predicted octanol–water partition coefficient (Wildman–Crippen LogP) is 1.40. The second kappa shape index (κ2) is 4.28. The van der Waals surface area contributed by atoms with Gasteiger partial charge in [-0.15, -0.1) is 0 Å². The third-order valence-electron chi connectivity index (χ3n) is 3.32. The molecule has 2 aliphatic heterocycles. The topological polar surface area (TPSA) is 36.9 Å². The summed E-state index contributed by atoms with van der Waals surface area (Å²) in [7, 11) is 2.07. The Morgan fingerprint density at radius 1 is 1.41 bits per heavy atom. The highest BCUT2D eigenvalue weighted by Crippen LogP contribution is 2.31. The fraction of sp³-hybridized carbons (Fsp3) is 0.462. The van der Waals surface area contributed by atoms with Crippen molar-refractivity contribution in [3.05, 3.63) is 29.8 Å². The molecule has 0 saturated heterocycles. The molecule has 0 aliphatic carbocycles. The average Bonchev–Trinajstić information content (AvgIpc) is 2.76. The van der Waals surface area contributed by atoms with E-state index >= 15 is 0 Å². The minimum atomic E-state index is 0.319. The summed E-state index contributed by atoms with van der Waals surface area (Å²) in [5.74, 6) is 2.00. The molecular weight excluding hydrogens is 214 g/mol. The van der Waals surface area contributed by atoms with Crippen LogP contribution in [-0.4, -0.2) is 37.6 Å². The number of nitrogens with zero attached hydrogens (tertiary/aromatic N) is 2. The Kier molecular flexibility index (Phi) is 2.63. The van der Waals surface area contributed by atoms with Crippen LogP contribution in [-0.2, 0) is 0 Å². The Bertz CT molecular complexity index is 444. The van der Waals surface area contributed by atoms with Crippen LogP contribution in [0.2, 0.25) is 0 Å². The number of hydrogen-bond donors (Lipinski definition) is 1. The first kappa shape index (κ1) is 10.4. The van der Waals surface area contributed by atoms with Gasteiger partial charge in [0.25, 0.3) is 0 Å². The Labute approximate surface area is 101 Å². The van der Waals surface area contributed by atoms with Gasteiger partial charge in [-0.3, -0.25) is 4.99 Å². The molecule has 1 atom stereocenters. The summed E-state index contributed by atoms with van der Waals surface area (Å²) in [6, 6.07) is 8.55. The lowest BCUT2D eigenvalue weighted by Crippen LogP contribution is -2.39. The monoisotopic (exact) mass is 231 g/mol. The van der Waals surface area contributed by atoms with Gasteiger partial charge in [0.05, 0.1) is 19.2 Å². The Morgan fingerprint density at radius 2 is 2.29 bits per heavy atom. The van der Waals surface area contributed by atoms with E-state index < -0.39 is 0 Å². The SMILES string of the molecule is CN1CCN=C1NC1CCOc2ccccc21. The molecule has 0 spiro atoms. The molecule has 1 unspecified atom stereocenters. The molecule has 0 radical (unpaired) electrons. The maximum absolute atomic E-state index is 5.65. The number of fused-ring (bicyclic) bond motifs is 1. The van der Waals surface area contributed by atoms with Crippen LogP contribution >= 0.6 is 0 Å². The first-order valence-corrected chi connectivity index (χ1v) is 6.08. The van der Waals surface area contributed by atoms with Crippen LogP contribution in [0.4, 0.5) is 0 Å². The van der Waals surface area contributed by atoms with Crippen molar-refractivity contribution >= 4 is 5.96 Å². The van der Waals surface area contributed by atoms with Crippen LogP contribution in [0.15, 0.2) is 29.3 Å². The van der Waals surface area contributed by atoms with Gasteiger partial charge < -0.3 is 15.0 Å². The molecule has 1 N–H and O–H groups in total. The number of aliphatic imine (C=N–C) groups is 1. The molecule has 0 aromatic heterocycles. The molecule has 90 valence electrons. The van der Waals surface area contributed by atoms with Gasteiger partial charge in [0, 0.05) is 25.6 Å². The summed E-state index contributed by atoms with van der Waals surface area (Å²) >= 11 is 0. The summed E-state index contributed by atoms with van der Waals surface area (Å²) in [6.45, 7) is 2.67. The molecule has 1 aromatic rings. The summed E-state index contributed by atoms with van der Waals surface area (Å²) in [5, 5.41) is 3.52. The molecule has 2 aliphatic rings. The van der Waals surface area contributed by atoms with E-state index in [-0.39, 0.29) is 0 Å². The molecule has 0 fully saturated rings. The third kappa shape index (κ3) is 1.95. The summed E-state index contributed by atoms with van der Waals surface area (Å²) in [4.78, 5) is 6.64. The van der Waals surface area contributed by atoms with Gasteiger partial charge in [-0.05, 0) is 6.07 Å². The lowest BCUT2D eigenvalue weighted by Gasteiger charge is -2.28. The molecule has 0 amide bonds. The number of nitrogens with one attached hydrogen (secondary N) is 1. The van der Waals surface area contributed by atoms with Crippen LogP contribution in [0.25, 0.3) is 0 Å². The van der Waals surface area contributed by atoms with Gasteiger partial charge in [0.15, 0.2) is 5.96 Å². The summed E-state index contributed by atoms with van der Waals surface area (Å²) < 4.78 is 5.65. The smallest absolute Gasteiger partial charge is 0.194 e. The van der Waals surface area contributed by atoms with Crippen molar-refractivity contribution in [2.45, 2.75) is 12.5 Å². The number of ether oxygens (including phenoxy) is 1. The van der Waals surface area contributed by atoms with Crippen LogP contribution in [0.3, 0.4) is 0 Å². The van der Waals surface area contributed by atoms with E-state index in [1.54, 1.807) is 0 Å². The molecule has 2 heterocycles. The molecule has 17 heavy (non-hydrogen) atoms.